The zero-order chi connectivity index (χ0) is 15.7. The van der Waals surface area contributed by atoms with Crippen molar-refractivity contribution < 1.29 is 14.3 Å². The zero-order valence-corrected chi connectivity index (χ0v) is 13.2. The van der Waals surface area contributed by atoms with Gasteiger partial charge in [0.25, 0.3) is 5.91 Å². The van der Waals surface area contributed by atoms with E-state index in [4.69, 9.17) is 4.74 Å². The topological polar surface area (TPSA) is 64.4 Å². The lowest BCUT2D eigenvalue weighted by atomic mass is 10.0. The van der Waals surface area contributed by atoms with Crippen molar-refractivity contribution in [2.24, 2.45) is 5.92 Å². The number of imidazole rings is 1. The summed E-state index contributed by atoms with van der Waals surface area (Å²) in [7, 11) is 1.38. The molecule has 0 radical (unpaired) electrons. The molecular weight excluding hydrogens is 282 g/mol. The van der Waals surface area contributed by atoms with Crippen LogP contribution in [0.1, 0.15) is 48.9 Å². The number of aromatic nitrogens is 2. The average molecular weight is 305 g/mol. The van der Waals surface area contributed by atoms with Crippen LogP contribution in [0.4, 0.5) is 0 Å². The van der Waals surface area contributed by atoms with E-state index in [2.05, 4.69) is 16.5 Å². The van der Waals surface area contributed by atoms with Gasteiger partial charge in [-0.1, -0.05) is 6.92 Å². The molecule has 0 aliphatic carbocycles. The zero-order valence-electron chi connectivity index (χ0n) is 13.2. The van der Waals surface area contributed by atoms with Crippen molar-refractivity contribution in [3.8, 4) is 0 Å². The SMILES string of the molecule is COC(=O)CC1CCCN1C(=O)c1cn2c(n1)CCC(C)C2. The quantitative estimate of drug-likeness (QED) is 0.796. The number of aryl methyl sites for hydroxylation is 1. The maximum absolute atomic E-state index is 12.7. The van der Waals surface area contributed by atoms with Gasteiger partial charge in [0.15, 0.2) is 0 Å². The molecule has 0 saturated carbocycles. The molecule has 2 aliphatic heterocycles. The third kappa shape index (κ3) is 2.87. The molecular formula is C16H23N3O3. The molecule has 0 spiro atoms. The van der Waals surface area contributed by atoms with Crippen LogP contribution < -0.4 is 0 Å². The number of rotatable bonds is 3. The Hall–Kier alpha value is -1.85. The summed E-state index contributed by atoms with van der Waals surface area (Å²) in [5, 5.41) is 0. The third-order valence-electron chi connectivity index (χ3n) is 4.72. The van der Waals surface area contributed by atoms with Crippen LogP contribution >= 0.6 is 0 Å². The number of esters is 1. The molecule has 3 rings (SSSR count). The van der Waals surface area contributed by atoms with Gasteiger partial charge >= 0.3 is 5.97 Å². The second-order valence-electron chi connectivity index (χ2n) is 6.41. The summed E-state index contributed by atoms with van der Waals surface area (Å²) in [5.74, 6) is 1.32. The van der Waals surface area contributed by atoms with E-state index >= 15 is 0 Å². The minimum absolute atomic E-state index is 0.0547. The molecule has 22 heavy (non-hydrogen) atoms. The van der Waals surface area contributed by atoms with Crippen molar-refractivity contribution >= 4 is 11.9 Å². The lowest BCUT2D eigenvalue weighted by Crippen LogP contribution is -2.37. The van der Waals surface area contributed by atoms with Gasteiger partial charge in [-0.3, -0.25) is 9.59 Å². The maximum atomic E-state index is 12.7. The Morgan fingerprint density at radius 2 is 2.23 bits per heavy atom. The Kier molecular flexibility index (Phi) is 4.18. The van der Waals surface area contributed by atoms with E-state index in [1.165, 1.54) is 7.11 Å². The summed E-state index contributed by atoms with van der Waals surface area (Å²) in [5.41, 5.74) is 0.515. The molecule has 2 unspecified atom stereocenters. The van der Waals surface area contributed by atoms with Crippen LogP contribution in [0.3, 0.4) is 0 Å². The second-order valence-corrected chi connectivity index (χ2v) is 6.41. The lowest BCUT2D eigenvalue weighted by molar-refractivity contribution is -0.141. The van der Waals surface area contributed by atoms with Gasteiger partial charge in [-0.2, -0.15) is 0 Å². The van der Waals surface area contributed by atoms with Gasteiger partial charge in [0.2, 0.25) is 0 Å². The van der Waals surface area contributed by atoms with Crippen LogP contribution in [0.25, 0.3) is 0 Å². The number of ether oxygens (including phenoxy) is 1. The summed E-state index contributed by atoms with van der Waals surface area (Å²) in [6.07, 6.45) is 5.98. The Morgan fingerprint density at radius 3 is 3.00 bits per heavy atom. The highest BCUT2D eigenvalue weighted by Crippen LogP contribution is 2.24. The normalized spacial score (nSPS) is 24.2. The predicted octanol–water partition coefficient (Wildman–Crippen LogP) is 1.63. The molecule has 6 nitrogen and oxygen atoms in total. The summed E-state index contributed by atoms with van der Waals surface area (Å²) in [4.78, 5) is 30.5. The molecule has 120 valence electrons. The van der Waals surface area contributed by atoms with Crippen molar-refractivity contribution in [2.75, 3.05) is 13.7 Å². The first-order chi connectivity index (χ1) is 10.6. The van der Waals surface area contributed by atoms with E-state index in [1.807, 2.05) is 6.20 Å². The number of fused-ring (bicyclic) bond motifs is 1. The summed E-state index contributed by atoms with van der Waals surface area (Å²) in [6, 6.07) is -0.0578. The van der Waals surface area contributed by atoms with Gasteiger partial charge in [-0.25, -0.2) is 4.98 Å². The summed E-state index contributed by atoms with van der Waals surface area (Å²) < 4.78 is 6.83. The molecule has 0 bridgehead atoms. The van der Waals surface area contributed by atoms with E-state index in [-0.39, 0.29) is 24.3 Å². The second kappa shape index (κ2) is 6.10. The fourth-order valence-corrected chi connectivity index (χ4v) is 3.46. The number of carbonyl (C=O) groups is 2. The number of likely N-dealkylation sites (tertiary alicyclic amines) is 1. The molecule has 2 atom stereocenters. The molecule has 1 saturated heterocycles. The Morgan fingerprint density at radius 1 is 1.41 bits per heavy atom. The fourth-order valence-electron chi connectivity index (χ4n) is 3.46. The van der Waals surface area contributed by atoms with Crippen LogP contribution in [0.2, 0.25) is 0 Å². The third-order valence-corrected chi connectivity index (χ3v) is 4.72. The first-order valence-electron chi connectivity index (χ1n) is 8.02. The molecule has 0 aromatic carbocycles. The molecule has 2 aliphatic rings. The Balaban J connectivity index is 1.74. The number of methoxy groups -OCH3 is 1. The first-order valence-corrected chi connectivity index (χ1v) is 8.02. The van der Waals surface area contributed by atoms with Crippen LogP contribution in [-0.2, 0) is 22.5 Å². The van der Waals surface area contributed by atoms with Crippen molar-refractivity contribution in [3.63, 3.8) is 0 Å². The van der Waals surface area contributed by atoms with E-state index in [9.17, 15) is 9.59 Å². The number of hydrogen-bond acceptors (Lipinski definition) is 4. The van der Waals surface area contributed by atoms with Gasteiger partial charge < -0.3 is 14.2 Å². The molecule has 3 heterocycles. The van der Waals surface area contributed by atoms with Crippen molar-refractivity contribution in [1.82, 2.24) is 14.5 Å². The van der Waals surface area contributed by atoms with Gasteiger partial charge in [-0.05, 0) is 25.2 Å². The number of hydrogen-bond donors (Lipinski definition) is 0. The fraction of sp³-hybridized carbons (Fsp3) is 0.688. The molecule has 1 fully saturated rings. The summed E-state index contributed by atoms with van der Waals surface area (Å²) in [6.45, 7) is 3.84. The highest BCUT2D eigenvalue weighted by atomic mass is 16.5. The highest BCUT2D eigenvalue weighted by molar-refractivity contribution is 5.93. The minimum atomic E-state index is -0.261. The first kappa shape index (κ1) is 15.1. The molecule has 1 amide bonds. The Labute approximate surface area is 130 Å². The van der Waals surface area contributed by atoms with Crippen LogP contribution in [0, 0.1) is 5.92 Å². The summed E-state index contributed by atoms with van der Waals surface area (Å²) >= 11 is 0. The highest BCUT2D eigenvalue weighted by Gasteiger charge is 2.33. The number of nitrogens with zero attached hydrogens (tertiary/aromatic N) is 3. The van der Waals surface area contributed by atoms with Crippen molar-refractivity contribution in [1.29, 1.82) is 0 Å². The van der Waals surface area contributed by atoms with Gasteiger partial charge in [0, 0.05) is 31.7 Å². The predicted molar refractivity (Wildman–Crippen MR) is 80.4 cm³/mol. The standard InChI is InChI=1S/C16H23N3O3/c1-11-5-6-14-17-13(10-18(14)9-11)16(21)19-7-3-4-12(19)8-15(20)22-2/h10-12H,3-9H2,1-2H3. The van der Waals surface area contributed by atoms with Gasteiger partial charge in [0.05, 0.1) is 13.5 Å². The molecule has 1 aromatic heterocycles. The van der Waals surface area contributed by atoms with E-state index in [1.54, 1.807) is 4.90 Å². The number of amides is 1. The molecule has 1 aromatic rings. The number of carbonyl (C=O) groups excluding carboxylic acids is 2. The van der Waals surface area contributed by atoms with Gasteiger partial charge in [-0.15, -0.1) is 0 Å². The van der Waals surface area contributed by atoms with Crippen molar-refractivity contribution in [3.05, 3.63) is 17.7 Å². The van der Waals surface area contributed by atoms with Crippen LogP contribution in [-0.4, -0.2) is 46.0 Å². The minimum Gasteiger partial charge on any atom is -0.469 e. The largest absolute Gasteiger partial charge is 0.469 e. The van der Waals surface area contributed by atoms with Gasteiger partial charge in [0.1, 0.15) is 11.5 Å². The monoisotopic (exact) mass is 305 g/mol. The molecule has 0 N–H and O–H groups in total. The van der Waals surface area contributed by atoms with E-state index in [0.29, 0.717) is 18.2 Å². The van der Waals surface area contributed by atoms with Crippen LogP contribution in [0.15, 0.2) is 6.20 Å². The average Bonchev–Trinajstić information content (AvgIpc) is 3.12. The van der Waals surface area contributed by atoms with E-state index < -0.39 is 0 Å². The Bertz CT molecular complexity index is 581. The van der Waals surface area contributed by atoms with Crippen LogP contribution in [0.5, 0.6) is 0 Å². The lowest BCUT2D eigenvalue weighted by Gasteiger charge is -2.22. The van der Waals surface area contributed by atoms with E-state index in [0.717, 1.165) is 38.1 Å². The smallest absolute Gasteiger partial charge is 0.307 e. The molecule has 6 heteroatoms. The maximum Gasteiger partial charge on any atom is 0.307 e. The van der Waals surface area contributed by atoms with Crippen molar-refractivity contribution in [2.45, 2.75) is 51.6 Å².